The van der Waals surface area contributed by atoms with Crippen molar-refractivity contribution in [1.82, 2.24) is 4.98 Å². The van der Waals surface area contributed by atoms with Crippen molar-refractivity contribution in [2.24, 2.45) is 0 Å². The van der Waals surface area contributed by atoms with Crippen LogP contribution in [0.1, 0.15) is 37.9 Å². The van der Waals surface area contributed by atoms with Gasteiger partial charge >= 0.3 is 5.97 Å². The smallest absolute Gasteiger partial charge is 0.342 e. The van der Waals surface area contributed by atoms with Gasteiger partial charge in [-0.2, -0.15) is 0 Å². The van der Waals surface area contributed by atoms with Gasteiger partial charge in [0.2, 0.25) is 13.2 Å². The molecule has 0 bridgehead atoms. The molecule has 0 radical (unpaired) electrons. The normalized spacial score (nSPS) is 14.5. The quantitative estimate of drug-likeness (QED) is 0.236. The van der Waals surface area contributed by atoms with Crippen molar-refractivity contribution in [3.8, 4) is 40.5 Å². The second-order valence-corrected chi connectivity index (χ2v) is 10.5. The maximum Gasteiger partial charge on any atom is 0.342 e. The van der Waals surface area contributed by atoms with Gasteiger partial charge in [-0.15, -0.1) is 6.42 Å². The zero-order valence-corrected chi connectivity index (χ0v) is 21.8. The summed E-state index contributed by atoms with van der Waals surface area (Å²) in [4.78, 5) is 18.2. The molecule has 3 aromatic rings. The monoisotopic (exact) mass is 509 g/mol. The predicted octanol–water partition coefficient (Wildman–Crippen LogP) is 5.77. The lowest BCUT2D eigenvalue weighted by Gasteiger charge is -2.28. The Bertz CT molecular complexity index is 1330. The molecule has 188 valence electrons. The Kier molecular flexibility index (Phi) is 8.47. The van der Waals surface area contributed by atoms with Crippen LogP contribution in [0.3, 0.4) is 0 Å². The molecule has 8 heteroatoms. The lowest BCUT2D eigenvalue weighted by Crippen LogP contribution is -2.46. The van der Waals surface area contributed by atoms with Gasteiger partial charge in [0.25, 0.3) is 0 Å². The second-order valence-electron chi connectivity index (χ2n) is 8.76. The Morgan fingerprint density at radius 2 is 1.81 bits per heavy atom. The van der Waals surface area contributed by atoms with E-state index in [1.807, 2.05) is 44.2 Å². The van der Waals surface area contributed by atoms with Gasteiger partial charge in [-0.05, 0) is 49.1 Å². The van der Waals surface area contributed by atoms with E-state index >= 15 is 0 Å². The van der Waals surface area contributed by atoms with E-state index in [0.717, 1.165) is 12.7 Å². The minimum absolute atomic E-state index is 0.0897. The van der Waals surface area contributed by atoms with Crippen LogP contribution in [0.15, 0.2) is 54.6 Å². The second kappa shape index (κ2) is 11.2. The maximum absolute atomic E-state index is 14.1. The van der Waals surface area contributed by atoms with E-state index in [0.29, 0.717) is 28.1 Å². The average molecular weight is 510 g/mol. The number of esters is 1. The molecule has 3 unspecified atom stereocenters. The Labute approximate surface area is 211 Å². The van der Waals surface area contributed by atoms with E-state index in [1.54, 1.807) is 25.1 Å². The Hall–Kier alpha value is -3.30. The van der Waals surface area contributed by atoms with E-state index < -0.39 is 25.3 Å². The zero-order chi connectivity index (χ0) is 26.6. The molecule has 0 aliphatic carbocycles. The minimum atomic E-state index is -3.25. The number of hydrogen-bond donors (Lipinski definition) is 1. The minimum Gasteiger partial charge on any atom is -0.422 e. The number of nitrogens with zero attached hydrogens (tertiary/aromatic N) is 1. The highest BCUT2D eigenvalue weighted by molar-refractivity contribution is 7.43. The summed E-state index contributed by atoms with van der Waals surface area (Å²) in [5, 5.41) is 8.18. The summed E-state index contributed by atoms with van der Waals surface area (Å²) < 4.78 is 37.6. The van der Waals surface area contributed by atoms with E-state index in [2.05, 4.69) is 5.92 Å². The fraction of sp³-hybridized carbons (Fsp3) is 0.286. The number of ether oxygens (including phenoxy) is 1. The molecule has 3 rings (SSSR count). The number of rotatable bonds is 8. The van der Waals surface area contributed by atoms with E-state index in [1.165, 1.54) is 13.0 Å². The lowest BCUT2D eigenvalue weighted by molar-refractivity contribution is -0.138. The molecule has 0 fully saturated rings. The van der Waals surface area contributed by atoms with Crippen LogP contribution in [0, 0.1) is 25.1 Å². The summed E-state index contributed by atoms with van der Waals surface area (Å²) in [6.45, 7) is 6.66. The van der Waals surface area contributed by atoms with Crippen LogP contribution in [0.5, 0.6) is 5.75 Å². The third-order valence-electron chi connectivity index (χ3n) is 5.96. The van der Waals surface area contributed by atoms with Crippen molar-refractivity contribution < 1.29 is 28.1 Å². The Morgan fingerprint density at radius 1 is 1.14 bits per heavy atom. The number of aryl methyl sites for hydroxylation is 1. The summed E-state index contributed by atoms with van der Waals surface area (Å²) >= 11 is 0. The topological polar surface area (TPSA) is 85.7 Å². The number of carbonyl (C=O) groups excluding carboxylic acids is 1. The number of aromatic nitrogens is 1. The highest BCUT2D eigenvalue weighted by Gasteiger charge is 2.50. The number of aliphatic hydroxyl groups excluding tert-OH is 1. The molecule has 36 heavy (non-hydrogen) atoms. The molecule has 2 aromatic carbocycles. The molecule has 6 nitrogen and oxygen atoms in total. The van der Waals surface area contributed by atoms with Crippen molar-refractivity contribution in [3.63, 3.8) is 0 Å². The first-order valence-corrected chi connectivity index (χ1v) is 12.7. The Balaban J connectivity index is 2.31. The average Bonchev–Trinajstić information content (AvgIpc) is 2.86. The first-order chi connectivity index (χ1) is 17.1. The first kappa shape index (κ1) is 27.3. The van der Waals surface area contributed by atoms with Gasteiger partial charge in [-0.25, -0.2) is 14.2 Å². The summed E-state index contributed by atoms with van der Waals surface area (Å²) in [5.74, 6) is 0.572. The van der Waals surface area contributed by atoms with Crippen LogP contribution in [0.2, 0.25) is 0 Å². The molecule has 1 aromatic heterocycles. The molecule has 0 amide bonds. The summed E-state index contributed by atoms with van der Waals surface area (Å²) in [7, 11) is -2.10. The number of pyridine rings is 1. The summed E-state index contributed by atoms with van der Waals surface area (Å²) in [6.07, 6.45) is 4.08. The SMILES string of the molecule is C#CC(C(=O)Oc1c(-c2ccc(F)c(C)c2)cc(-c2ccccc2)nc1C(C)C)(C(C)O)[PH](=O)OC. The van der Waals surface area contributed by atoms with E-state index in [4.69, 9.17) is 20.7 Å². The van der Waals surface area contributed by atoms with Gasteiger partial charge in [0.05, 0.1) is 17.5 Å². The first-order valence-electron chi connectivity index (χ1n) is 11.4. The maximum atomic E-state index is 14.1. The number of terminal acetylenes is 1. The molecule has 0 aliphatic heterocycles. The molecular weight excluding hydrogens is 480 g/mol. The van der Waals surface area contributed by atoms with Gasteiger partial charge in [0.1, 0.15) is 5.82 Å². The number of halogens is 1. The van der Waals surface area contributed by atoms with Gasteiger partial charge in [-0.1, -0.05) is 56.2 Å². The van der Waals surface area contributed by atoms with Crippen molar-refractivity contribution in [3.05, 3.63) is 71.7 Å². The standard InChI is InChI=1S/C28H29FNO5P/c1-7-28(19(5)31,36(33)34-6)27(32)35-26-22(21-13-14-23(29)18(4)15-21)16-24(30-25(26)17(2)3)20-11-9-8-10-12-20/h1,8-17,19,31,36H,2-6H3. The summed E-state index contributed by atoms with van der Waals surface area (Å²) in [5.41, 5.74) is 3.36. The van der Waals surface area contributed by atoms with Crippen LogP contribution >= 0.6 is 8.03 Å². The van der Waals surface area contributed by atoms with Crippen molar-refractivity contribution in [1.29, 1.82) is 0 Å². The van der Waals surface area contributed by atoms with Crippen LogP contribution in [-0.2, 0) is 13.9 Å². The zero-order valence-electron chi connectivity index (χ0n) is 20.8. The van der Waals surface area contributed by atoms with Crippen LogP contribution < -0.4 is 4.74 Å². The van der Waals surface area contributed by atoms with E-state index in [9.17, 15) is 18.9 Å². The Morgan fingerprint density at radius 3 is 2.33 bits per heavy atom. The molecule has 0 spiro atoms. The molecular formula is C28H29FNO5P. The number of benzene rings is 2. The van der Waals surface area contributed by atoms with Gasteiger partial charge in [-0.3, -0.25) is 4.57 Å². The molecule has 3 atom stereocenters. The van der Waals surface area contributed by atoms with Gasteiger partial charge < -0.3 is 14.4 Å². The summed E-state index contributed by atoms with van der Waals surface area (Å²) in [6, 6.07) is 15.8. The molecule has 0 aliphatic rings. The third kappa shape index (κ3) is 5.12. The van der Waals surface area contributed by atoms with Crippen LogP contribution in [0.25, 0.3) is 22.4 Å². The van der Waals surface area contributed by atoms with Crippen molar-refractivity contribution in [2.75, 3.05) is 7.11 Å². The molecule has 1 heterocycles. The molecule has 0 saturated heterocycles. The largest absolute Gasteiger partial charge is 0.422 e. The molecule has 1 N–H and O–H groups in total. The van der Waals surface area contributed by atoms with Crippen molar-refractivity contribution >= 4 is 14.0 Å². The predicted molar refractivity (Wildman–Crippen MR) is 139 cm³/mol. The van der Waals surface area contributed by atoms with Crippen LogP contribution in [-0.4, -0.2) is 34.4 Å². The highest BCUT2D eigenvalue weighted by atomic mass is 31.1. The fourth-order valence-electron chi connectivity index (χ4n) is 3.83. The number of aliphatic hydroxyl groups is 1. The molecule has 0 saturated carbocycles. The lowest BCUT2D eigenvalue weighted by atomic mass is 9.96. The van der Waals surface area contributed by atoms with Crippen LogP contribution in [0.4, 0.5) is 4.39 Å². The third-order valence-corrected chi connectivity index (χ3v) is 7.74. The fourth-order valence-corrected chi connectivity index (χ4v) is 4.83. The van der Waals surface area contributed by atoms with Crippen molar-refractivity contribution in [2.45, 2.75) is 44.9 Å². The van der Waals surface area contributed by atoms with Gasteiger partial charge in [0.15, 0.2) is 5.75 Å². The van der Waals surface area contributed by atoms with E-state index in [-0.39, 0.29) is 17.5 Å². The highest BCUT2D eigenvalue weighted by Crippen LogP contribution is 2.45. The van der Waals surface area contributed by atoms with Gasteiger partial charge in [0, 0.05) is 18.2 Å². The number of carbonyl (C=O) groups is 1. The number of hydrogen-bond acceptors (Lipinski definition) is 6.